The van der Waals surface area contributed by atoms with Gasteiger partial charge in [-0.1, -0.05) is 6.07 Å². The molecule has 0 fully saturated rings. The number of aliphatic hydroxyl groups excluding tert-OH is 1. The fourth-order valence-electron chi connectivity index (χ4n) is 1.98. The standard InChI is InChI=1S/C15H25N3O3/c1-11-4-5-12(16)8-14(11)17-15(20)6-7-18(2)9-13(19)10-21-3/h4-5,8,13,19H,6-7,9-10,16H2,1-3H3,(H,17,20). The number of likely N-dealkylation sites (N-methyl/N-ethyl adjacent to an activating group) is 1. The van der Waals surface area contributed by atoms with E-state index in [4.69, 9.17) is 10.5 Å². The van der Waals surface area contributed by atoms with Gasteiger partial charge in [-0.2, -0.15) is 0 Å². The van der Waals surface area contributed by atoms with Crippen molar-refractivity contribution in [2.45, 2.75) is 19.4 Å². The monoisotopic (exact) mass is 295 g/mol. The molecule has 1 unspecified atom stereocenters. The fourth-order valence-corrected chi connectivity index (χ4v) is 1.98. The lowest BCUT2D eigenvalue weighted by molar-refractivity contribution is -0.116. The van der Waals surface area contributed by atoms with Crippen LogP contribution >= 0.6 is 0 Å². The number of methoxy groups -OCH3 is 1. The summed E-state index contributed by atoms with van der Waals surface area (Å²) in [5.74, 6) is -0.0724. The second-order valence-corrected chi connectivity index (χ2v) is 5.24. The van der Waals surface area contributed by atoms with Gasteiger partial charge in [-0.3, -0.25) is 4.79 Å². The third-order valence-electron chi connectivity index (χ3n) is 3.14. The number of nitrogens with two attached hydrogens (primary N) is 1. The number of nitrogens with one attached hydrogen (secondary N) is 1. The van der Waals surface area contributed by atoms with E-state index in [1.807, 2.05) is 24.9 Å². The van der Waals surface area contributed by atoms with Crippen LogP contribution in [0, 0.1) is 6.92 Å². The minimum absolute atomic E-state index is 0.0724. The minimum Gasteiger partial charge on any atom is -0.399 e. The normalized spacial score (nSPS) is 12.4. The molecule has 6 heteroatoms. The Morgan fingerprint density at radius 2 is 2.24 bits per heavy atom. The van der Waals surface area contributed by atoms with Crippen molar-refractivity contribution in [3.8, 4) is 0 Å². The Morgan fingerprint density at radius 1 is 1.52 bits per heavy atom. The third kappa shape index (κ3) is 6.57. The van der Waals surface area contributed by atoms with E-state index < -0.39 is 6.10 Å². The highest BCUT2D eigenvalue weighted by Gasteiger charge is 2.10. The minimum atomic E-state index is -0.542. The number of nitrogens with zero attached hydrogens (tertiary/aromatic N) is 1. The lowest BCUT2D eigenvalue weighted by atomic mass is 10.2. The topological polar surface area (TPSA) is 87.8 Å². The predicted octanol–water partition coefficient (Wildman–Crippen LogP) is 0.845. The average Bonchev–Trinajstić information content (AvgIpc) is 2.41. The second kappa shape index (κ2) is 8.61. The van der Waals surface area contributed by atoms with Crippen LogP contribution in [-0.2, 0) is 9.53 Å². The zero-order chi connectivity index (χ0) is 15.8. The summed E-state index contributed by atoms with van der Waals surface area (Å²) < 4.78 is 4.87. The summed E-state index contributed by atoms with van der Waals surface area (Å²) >= 11 is 0. The van der Waals surface area contributed by atoms with Crippen molar-refractivity contribution in [2.75, 3.05) is 44.9 Å². The van der Waals surface area contributed by atoms with Gasteiger partial charge in [-0.15, -0.1) is 0 Å². The van der Waals surface area contributed by atoms with Crippen molar-refractivity contribution in [2.24, 2.45) is 0 Å². The first-order valence-corrected chi connectivity index (χ1v) is 6.94. The number of anilines is 2. The van der Waals surface area contributed by atoms with Crippen molar-refractivity contribution in [3.63, 3.8) is 0 Å². The molecule has 0 aromatic heterocycles. The molecule has 0 saturated carbocycles. The number of ether oxygens (including phenoxy) is 1. The lowest BCUT2D eigenvalue weighted by Crippen LogP contribution is -2.33. The average molecular weight is 295 g/mol. The molecule has 1 atom stereocenters. The van der Waals surface area contributed by atoms with Crippen LogP contribution in [0.4, 0.5) is 11.4 Å². The van der Waals surface area contributed by atoms with Crippen LogP contribution in [0.25, 0.3) is 0 Å². The van der Waals surface area contributed by atoms with Gasteiger partial charge in [-0.05, 0) is 31.7 Å². The first kappa shape index (κ1) is 17.4. The molecule has 1 amide bonds. The van der Waals surface area contributed by atoms with Crippen molar-refractivity contribution >= 4 is 17.3 Å². The molecule has 0 bridgehead atoms. The maximum atomic E-state index is 11.9. The quantitative estimate of drug-likeness (QED) is 0.619. The molecule has 1 aromatic rings. The van der Waals surface area contributed by atoms with E-state index in [1.165, 1.54) is 0 Å². The van der Waals surface area contributed by atoms with Gasteiger partial charge in [0, 0.05) is 38.0 Å². The fraction of sp³-hybridized carbons (Fsp3) is 0.533. The second-order valence-electron chi connectivity index (χ2n) is 5.24. The van der Waals surface area contributed by atoms with Gasteiger partial charge >= 0.3 is 0 Å². The molecule has 1 aromatic carbocycles. The van der Waals surface area contributed by atoms with Crippen molar-refractivity contribution < 1.29 is 14.6 Å². The highest BCUT2D eigenvalue weighted by molar-refractivity contribution is 5.92. The molecule has 21 heavy (non-hydrogen) atoms. The van der Waals surface area contributed by atoms with Crippen molar-refractivity contribution in [3.05, 3.63) is 23.8 Å². The van der Waals surface area contributed by atoms with Crippen LogP contribution in [-0.4, -0.2) is 55.9 Å². The van der Waals surface area contributed by atoms with Crippen LogP contribution in [0.15, 0.2) is 18.2 Å². The van der Waals surface area contributed by atoms with Crippen LogP contribution < -0.4 is 11.1 Å². The summed E-state index contributed by atoms with van der Waals surface area (Å²) in [7, 11) is 3.41. The number of aliphatic hydroxyl groups is 1. The Balaban J connectivity index is 2.38. The summed E-state index contributed by atoms with van der Waals surface area (Å²) in [5.41, 5.74) is 8.04. The molecule has 0 spiro atoms. The molecule has 0 heterocycles. The number of hydrogen-bond donors (Lipinski definition) is 3. The Bertz CT molecular complexity index is 465. The highest BCUT2D eigenvalue weighted by atomic mass is 16.5. The smallest absolute Gasteiger partial charge is 0.225 e. The highest BCUT2D eigenvalue weighted by Crippen LogP contribution is 2.18. The Kier molecular flexibility index (Phi) is 7.14. The summed E-state index contributed by atoms with van der Waals surface area (Å²) in [4.78, 5) is 13.8. The number of rotatable bonds is 8. The van der Waals surface area contributed by atoms with Gasteiger partial charge in [0.25, 0.3) is 0 Å². The van der Waals surface area contributed by atoms with Crippen LogP contribution in [0.2, 0.25) is 0 Å². The number of carbonyl (C=O) groups is 1. The lowest BCUT2D eigenvalue weighted by Gasteiger charge is -2.19. The van der Waals surface area contributed by atoms with Crippen molar-refractivity contribution in [1.29, 1.82) is 0 Å². The summed E-state index contributed by atoms with van der Waals surface area (Å²) in [6.45, 7) is 3.24. The molecule has 0 aliphatic heterocycles. The van der Waals surface area contributed by atoms with Crippen LogP contribution in [0.5, 0.6) is 0 Å². The molecule has 6 nitrogen and oxygen atoms in total. The van der Waals surface area contributed by atoms with Gasteiger partial charge in [0.2, 0.25) is 5.91 Å². The van der Waals surface area contributed by atoms with Gasteiger partial charge in [-0.25, -0.2) is 0 Å². The first-order valence-electron chi connectivity index (χ1n) is 6.94. The summed E-state index contributed by atoms with van der Waals surface area (Å²) in [6, 6.07) is 5.42. The SMILES string of the molecule is COCC(O)CN(C)CCC(=O)Nc1cc(N)ccc1C. The molecule has 0 radical (unpaired) electrons. The zero-order valence-electron chi connectivity index (χ0n) is 12.9. The number of hydrogen-bond acceptors (Lipinski definition) is 5. The molecule has 1 rings (SSSR count). The number of nitrogen functional groups attached to an aromatic ring is 1. The van der Waals surface area contributed by atoms with E-state index in [0.29, 0.717) is 31.8 Å². The Morgan fingerprint density at radius 3 is 2.90 bits per heavy atom. The van der Waals surface area contributed by atoms with E-state index in [0.717, 1.165) is 11.3 Å². The van der Waals surface area contributed by atoms with E-state index in [1.54, 1.807) is 19.2 Å². The molecule has 0 aliphatic carbocycles. The largest absolute Gasteiger partial charge is 0.399 e. The zero-order valence-corrected chi connectivity index (χ0v) is 12.9. The first-order chi connectivity index (χ1) is 9.92. The molecular weight excluding hydrogens is 270 g/mol. The number of benzene rings is 1. The molecule has 118 valence electrons. The maximum Gasteiger partial charge on any atom is 0.225 e. The van der Waals surface area contributed by atoms with Gasteiger partial charge in [0.15, 0.2) is 0 Å². The number of amides is 1. The Hall–Kier alpha value is -1.63. The van der Waals surface area contributed by atoms with Crippen molar-refractivity contribution in [1.82, 2.24) is 4.90 Å². The van der Waals surface area contributed by atoms with Crippen LogP contribution in [0.1, 0.15) is 12.0 Å². The van der Waals surface area contributed by atoms with E-state index >= 15 is 0 Å². The van der Waals surface area contributed by atoms with E-state index in [9.17, 15) is 9.90 Å². The van der Waals surface area contributed by atoms with Gasteiger partial charge in [0.05, 0.1) is 12.7 Å². The van der Waals surface area contributed by atoms with Crippen LogP contribution in [0.3, 0.4) is 0 Å². The molecule has 0 aliphatic rings. The van der Waals surface area contributed by atoms with Gasteiger partial charge < -0.3 is 25.8 Å². The number of carbonyl (C=O) groups excluding carboxylic acids is 1. The third-order valence-corrected chi connectivity index (χ3v) is 3.14. The Labute approximate surface area is 125 Å². The van der Waals surface area contributed by atoms with Gasteiger partial charge in [0.1, 0.15) is 0 Å². The molecule has 0 saturated heterocycles. The maximum absolute atomic E-state index is 11.9. The molecule has 4 N–H and O–H groups in total. The van der Waals surface area contributed by atoms with E-state index in [2.05, 4.69) is 5.32 Å². The summed E-state index contributed by atoms with van der Waals surface area (Å²) in [6.07, 6.45) is -0.191. The predicted molar refractivity (Wildman–Crippen MR) is 84.2 cm³/mol. The van der Waals surface area contributed by atoms with E-state index in [-0.39, 0.29) is 5.91 Å². The summed E-state index contributed by atoms with van der Waals surface area (Å²) in [5, 5.41) is 12.5. The molecular formula is C15H25N3O3. The number of aryl methyl sites for hydroxylation is 1.